The van der Waals surface area contributed by atoms with Crippen molar-refractivity contribution < 1.29 is 13.2 Å². The van der Waals surface area contributed by atoms with Gasteiger partial charge in [0.15, 0.2) is 0 Å². The summed E-state index contributed by atoms with van der Waals surface area (Å²) in [6, 6.07) is 12.1. The number of nitrogens with one attached hydrogen (secondary N) is 1. The van der Waals surface area contributed by atoms with Crippen molar-refractivity contribution in [1.82, 2.24) is 9.71 Å². The van der Waals surface area contributed by atoms with Crippen LogP contribution in [0.3, 0.4) is 0 Å². The Labute approximate surface area is 124 Å². The molecule has 0 saturated carbocycles. The molecule has 3 N–H and O–H groups in total. The van der Waals surface area contributed by atoms with Gasteiger partial charge in [-0.1, -0.05) is 6.07 Å². The molecule has 2 rings (SSSR count). The Bertz CT molecular complexity index is 658. The molecule has 2 aromatic rings. The Kier molecular flexibility index (Phi) is 5.13. The first-order valence-electron chi connectivity index (χ1n) is 6.41. The molecule has 0 amide bonds. The minimum atomic E-state index is -3.40. The number of rotatable bonds is 7. The Balaban J connectivity index is 1.77. The first kappa shape index (κ1) is 15.3. The van der Waals surface area contributed by atoms with Gasteiger partial charge >= 0.3 is 0 Å². The van der Waals surface area contributed by atoms with E-state index in [4.69, 9.17) is 10.5 Å². The van der Waals surface area contributed by atoms with Crippen molar-refractivity contribution in [3.63, 3.8) is 0 Å². The van der Waals surface area contributed by atoms with Crippen molar-refractivity contribution in [2.75, 3.05) is 18.1 Å². The third-order valence-corrected chi connectivity index (χ3v) is 3.99. The Morgan fingerprint density at radius 1 is 1.14 bits per heavy atom. The molecule has 0 aliphatic heterocycles. The average Bonchev–Trinajstić information content (AvgIpc) is 2.48. The molecule has 0 atom stereocenters. The molecule has 1 aromatic heterocycles. The lowest BCUT2D eigenvalue weighted by atomic mass is 10.3. The zero-order valence-corrected chi connectivity index (χ0v) is 12.2. The number of hydrogen-bond acceptors (Lipinski definition) is 5. The number of aromatic nitrogens is 1. The quantitative estimate of drug-likeness (QED) is 0.749. The van der Waals surface area contributed by atoms with Gasteiger partial charge in [-0.2, -0.15) is 0 Å². The summed E-state index contributed by atoms with van der Waals surface area (Å²) in [6.07, 6.45) is 1.62. The topological polar surface area (TPSA) is 94.3 Å². The monoisotopic (exact) mass is 307 g/mol. The number of ether oxygens (including phenoxy) is 1. The summed E-state index contributed by atoms with van der Waals surface area (Å²) in [4.78, 5) is 4.05. The molecule has 0 fully saturated rings. The van der Waals surface area contributed by atoms with Crippen LogP contribution in [-0.2, 0) is 16.6 Å². The number of nitrogens with zero attached hydrogens (tertiary/aromatic N) is 1. The van der Waals surface area contributed by atoms with E-state index in [9.17, 15) is 8.42 Å². The van der Waals surface area contributed by atoms with Gasteiger partial charge in [-0.05, 0) is 36.4 Å². The highest BCUT2D eigenvalue weighted by molar-refractivity contribution is 7.89. The highest BCUT2D eigenvalue weighted by Gasteiger charge is 2.10. The molecule has 0 aliphatic rings. The van der Waals surface area contributed by atoms with Gasteiger partial charge in [0.1, 0.15) is 12.4 Å². The van der Waals surface area contributed by atoms with Crippen LogP contribution in [0.1, 0.15) is 5.69 Å². The molecule has 0 unspecified atom stereocenters. The molecule has 21 heavy (non-hydrogen) atoms. The van der Waals surface area contributed by atoms with Gasteiger partial charge in [-0.15, -0.1) is 0 Å². The van der Waals surface area contributed by atoms with Gasteiger partial charge in [0, 0.05) is 11.9 Å². The molecule has 0 aliphatic carbocycles. The van der Waals surface area contributed by atoms with E-state index in [2.05, 4.69) is 9.71 Å². The minimum Gasteiger partial charge on any atom is -0.492 e. The predicted octanol–water partition coefficient (Wildman–Crippen LogP) is 1.16. The maximum Gasteiger partial charge on any atom is 0.215 e. The van der Waals surface area contributed by atoms with Crippen molar-refractivity contribution >= 4 is 15.7 Å². The number of sulfonamides is 1. The second-order valence-electron chi connectivity index (χ2n) is 4.38. The highest BCUT2D eigenvalue weighted by atomic mass is 32.2. The molecule has 6 nitrogen and oxygen atoms in total. The fourth-order valence-electron chi connectivity index (χ4n) is 1.59. The summed E-state index contributed by atoms with van der Waals surface area (Å²) in [5, 5.41) is 0. The third kappa shape index (κ3) is 5.41. The van der Waals surface area contributed by atoms with Crippen molar-refractivity contribution in [2.24, 2.45) is 0 Å². The van der Waals surface area contributed by atoms with Crippen molar-refractivity contribution in [3.05, 3.63) is 54.4 Å². The fraction of sp³-hybridized carbons (Fsp3) is 0.214. The smallest absolute Gasteiger partial charge is 0.215 e. The summed E-state index contributed by atoms with van der Waals surface area (Å²) in [5.41, 5.74) is 6.85. The van der Waals surface area contributed by atoms with Gasteiger partial charge in [0.2, 0.25) is 10.0 Å². The number of anilines is 1. The molecular weight excluding hydrogens is 290 g/mol. The summed E-state index contributed by atoms with van der Waals surface area (Å²) >= 11 is 0. The van der Waals surface area contributed by atoms with Gasteiger partial charge in [-0.3, -0.25) is 4.98 Å². The molecule has 0 bridgehead atoms. The second kappa shape index (κ2) is 7.05. The summed E-state index contributed by atoms with van der Waals surface area (Å²) in [7, 11) is -3.40. The van der Waals surface area contributed by atoms with Crippen LogP contribution < -0.4 is 15.2 Å². The lowest BCUT2D eigenvalue weighted by Gasteiger charge is -2.08. The van der Waals surface area contributed by atoms with E-state index in [1.54, 1.807) is 48.7 Å². The first-order valence-corrected chi connectivity index (χ1v) is 8.06. The number of hydrogen-bond donors (Lipinski definition) is 2. The molecule has 1 aromatic carbocycles. The maximum atomic E-state index is 11.8. The predicted molar refractivity (Wildman–Crippen MR) is 81.2 cm³/mol. The third-order valence-electron chi connectivity index (χ3n) is 2.70. The minimum absolute atomic E-state index is 0.0709. The van der Waals surface area contributed by atoms with Gasteiger partial charge < -0.3 is 10.5 Å². The summed E-state index contributed by atoms with van der Waals surface area (Å²) in [5.74, 6) is 0.466. The molecule has 7 heteroatoms. The first-order chi connectivity index (χ1) is 10.1. The molecular formula is C14H17N3O3S. The average molecular weight is 307 g/mol. The van der Waals surface area contributed by atoms with Gasteiger partial charge in [0.25, 0.3) is 0 Å². The zero-order valence-electron chi connectivity index (χ0n) is 11.4. The van der Waals surface area contributed by atoms with E-state index in [0.29, 0.717) is 17.1 Å². The molecule has 0 radical (unpaired) electrons. The number of nitrogen functional groups attached to an aromatic ring is 1. The molecule has 0 spiro atoms. The number of benzene rings is 1. The van der Waals surface area contributed by atoms with E-state index < -0.39 is 10.0 Å². The number of pyridine rings is 1. The van der Waals surface area contributed by atoms with E-state index in [1.165, 1.54) is 0 Å². The molecule has 1 heterocycles. The lowest BCUT2D eigenvalue weighted by molar-refractivity contribution is 0.340. The van der Waals surface area contributed by atoms with E-state index >= 15 is 0 Å². The van der Waals surface area contributed by atoms with Crippen molar-refractivity contribution in [3.8, 4) is 5.75 Å². The standard InChI is InChI=1S/C14H17N3O3S/c15-12-4-6-14(7-5-12)20-9-10-21(18,19)17-11-13-3-1-2-8-16-13/h1-8,17H,9-11,15H2. The number of nitrogens with two attached hydrogens (primary N) is 1. The Morgan fingerprint density at radius 3 is 2.57 bits per heavy atom. The summed E-state index contributed by atoms with van der Waals surface area (Å²) < 4.78 is 31.5. The summed E-state index contributed by atoms with van der Waals surface area (Å²) in [6.45, 7) is 0.243. The normalized spacial score (nSPS) is 11.2. The Morgan fingerprint density at radius 2 is 1.90 bits per heavy atom. The van der Waals surface area contributed by atoms with Crippen LogP contribution in [0.25, 0.3) is 0 Å². The Hall–Kier alpha value is -2.12. The van der Waals surface area contributed by atoms with Gasteiger partial charge in [0.05, 0.1) is 18.0 Å². The largest absolute Gasteiger partial charge is 0.492 e. The van der Waals surface area contributed by atoms with E-state index in [1.807, 2.05) is 0 Å². The van der Waals surface area contributed by atoms with Gasteiger partial charge in [-0.25, -0.2) is 13.1 Å². The highest BCUT2D eigenvalue weighted by Crippen LogP contribution is 2.12. The van der Waals surface area contributed by atoms with Crippen LogP contribution in [-0.4, -0.2) is 25.8 Å². The van der Waals surface area contributed by atoms with Crippen LogP contribution in [0.4, 0.5) is 5.69 Å². The van der Waals surface area contributed by atoms with E-state index in [0.717, 1.165) is 0 Å². The van der Waals surface area contributed by atoms with Crippen LogP contribution in [0.5, 0.6) is 5.75 Å². The fourth-order valence-corrected chi connectivity index (χ4v) is 2.41. The van der Waals surface area contributed by atoms with Crippen LogP contribution >= 0.6 is 0 Å². The van der Waals surface area contributed by atoms with Crippen LogP contribution in [0.15, 0.2) is 48.7 Å². The molecule has 112 valence electrons. The van der Waals surface area contributed by atoms with Crippen molar-refractivity contribution in [2.45, 2.75) is 6.54 Å². The van der Waals surface area contributed by atoms with Crippen molar-refractivity contribution in [1.29, 1.82) is 0 Å². The zero-order chi connectivity index (χ0) is 15.1. The SMILES string of the molecule is Nc1ccc(OCCS(=O)(=O)NCc2ccccn2)cc1. The maximum absolute atomic E-state index is 11.8. The van der Waals surface area contributed by atoms with Crippen LogP contribution in [0, 0.1) is 0 Å². The second-order valence-corrected chi connectivity index (χ2v) is 6.30. The lowest BCUT2D eigenvalue weighted by Crippen LogP contribution is -2.28. The van der Waals surface area contributed by atoms with Crippen LogP contribution in [0.2, 0.25) is 0 Å². The van der Waals surface area contributed by atoms with E-state index in [-0.39, 0.29) is 18.9 Å². The molecule has 0 saturated heterocycles.